The molecule has 0 spiro atoms. The fourth-order valence-corrected chi connectivity index (χ4v) is 4.75. The van der Waals surface area contributed by atoms with Gasteiger partial charge in [-0.1, -0.05) is 35.4 Å². The summed E-state index contributed by atoms with van der Waals surface area (Å²) in [5, 5.41) is 0. The Morgan fingerprint density at radius 2 is 1.04 bits per heavy atom. The third kappa shape index (κ3) is 12.2. The molecule has 9 heteroatoms. The third-order valence-electron chi connectivity index (χ3n) is 3.34. The smallest absolute Gasteiger partial charge is 0.282 e. The SMILES string of the molecule is CCC[CH2][SnH3].Cc1ccc(S(=O)(=O)O)cc1.Cc1ccc(S(=O)(=O)O)cc1. The molecule has 2 aromatic carbocycles. The van der Waals surface area contributed by atoms with Gasteiger partial charge >= 0.3 is 46.7 Å². The van der Waals surface area contributed by atoms with Gasteiger partial charge in [-0.3, -0.25) is 9.11 Å². The first kappa shape index (κ1) is 26.1. The molecule has 0 bridgehead atoms. The maximum absolute atomic E-state index is 10.5. The van der Waals surface area contributed by atoms with Crippen LogP contribution in [-0.4, -0.2) is 48.5 Å². The molecule has 27 heavy (non-hydrogen) atoms. The average Bonchev–Trinajstić information content (AvgIpc) is 2.56. The molecule has 0 heterocycles. The fourth-order valence-electron chi connectivity index (χ4n) is 1.77. The number of hydrogen-bond donors (Lipinski definition) is 2. The third-order valence-corrected chi connectivity index (χ3v) is 7.10. The van der Waals surface area contributed by atoms with Crippen molar-refractivity contribution in [3.05, 3.63) is 59.7 Å². The Kier molecular flexibility index (Phi) is 12.1. The summed E-state index contributed by atoms with van der Waals surface area (Å²) >= 11 is 0.982. The predicted octanol–water partition coefficient (Wildman–Crippen LogP) is 3.05. The Bertz CT molecular complexity index is 799. The van der Waals surface area contributed by atoms with Crippen LogP contribution in [0.2, 0.25) is 4.44 Å². The van der Waals surface area contributed by atoms with E-state index in [1.165, 1.54) is 37.1 Å². The molecular formula is C18H28O6S2Sn. The van der Waals surface area contributed by atoms with Crippen LogP contribution in [0.5, 0.6) is 0 Å². The van der Waals surface area contributed by atoms with Gasteiger partial charge in [0, 0.05) is 0 Å². The summed E-state index contributed by atoms with van der Waals surface area (Å²) in [5.41, 5.74) is 1.91. The monoisotopic (exact) mass is 524 g/mol. The molecule has 0 radical (unpaired) electrons. The summed E-state index contributed by atoms with van der Waals surface area (Å²) < 4.78 is 60.7. The van der Waals surface area contributed by atoms with E-state index in [0.717, 1.165) is 33.7 Å². The molecule has 0 saturated heterocycles. The summed E-state index contributed by atoms with van der Waals surface area (Å²) in [6.07, 6.45) is 2.88. The molecule has 2 rings (SSSR count). The van der Waals surface area contributed by atoms with Crippen LogP contribution in [0.3, 0.4) is 0 Å². The number of rotatable bonds is 4. The van der Waals surface area contributed by atoms with E-state index in [-0.39, 0.29) is 9.79 Å². The van der Waals surface area contributed by atoms with Crippen molar-refractivity contribution in [2.24, 2.45) is 0 Å². The van der Waals surface area contributed by atoms with Gasteiger partial charge in [-0.2, -0.15) is 16.8 Å². The van der Waals surface area contributed by atoms with Crippen LogP contribution in [0.25, 0.3) is 0 Å². The summed E-state index contributed by atoms with van der Waals surface area (Å²) in [6.45, 7) is 5.93. The first-order chi connectivity index (χ1) is 12.4. The van der Waals surface area contributed by atoms with Crippen molar-refractivity contribution in [2.45, 2.75) is 47.8 Å². The maximum Gasteiger partial charge on any atom is 0.294 e. The van der Waals surface area contributed by atoms with E-state index < -0.39 is 20.2 Å². The van der Waals surface area contributed by atoms with Crippen molar-refractivity contribution < 1.29 is 25.9 Å². The quantitative estimate of drug-likeness (QED) is 0.471. The van der Waals surface area contributed by atoms with Crippen LogP contribution in [0.1, 0.15) is 30.9 Å². The van der Waals surface area contributed by atoms with Gasteiger partial charge in [0.05, 0.1) is 9.79 Å². The summed E-state index contributed by atoms with van der Waals surface area (Å²) in [5.74, 6) is 0. The number of benzene rings is 2. The van der Waals surface area contributed by atoms with Crippen LogP contribution in [0.4, 0.5) is 0 Å². The maximum atomic E-state index is 10.5. The average molecular weight is 523 g/mol. The summed E-state index contributed by atoms with van der Waals surface area (Å²) in [4.78, 5) is -0.133. The van der Waals surface area contributed by atoms with Gasteiger partial charge in [-0.05, 0) is 38.1 Å². The van der Waals surface area contributed by atoms with Crippen molar-refractivity contribution in [3.63, 3.8) is 0 Å². The van der Waals surface area contributed by atoms with Gasteiger partial charge in [0.1, 0.15) is 0 Å². The summed E-state index contributed by atoms with van der Waals surface area (Å²) in [7, 11) is -8.04. The molecular weight excluding hydrogens is 495 g/mol. The zero-order chi connectivity index (χ0) is 21.1. The normalized spacial score (nSPS) is 11.0. The Morgan fingerprint density at radius 1 is 0.741 bits per heavy atom. The molecule has 0 aliphatic carbocycles. The van der Waals surface area contributed by atoms with Crippen LogP contribution in [0.15, 0.2) is 58.3 Å². The van der Waals surface area contributed by atoms with Gasteiger partial charge in [-0.25, -0.2) is 0 Å². The van der Waals surface area contributed by atoms with Gasteiger partial charge in [0.2, 0.25) is 0 Å². The molecule has 0 aliphatic rings. The molecule has 0 amide bonds. The van der Waals surface area contributed by atoms with Gasteiger partial charge in [0.25, 0.3) is 20.2 Å². The van der Waals surface area contributed by atoms with Crippen molar-refractivity contribution in [2.75, 3.05) is 0 Å². The second-order valence-electron chi connectivity index (χ2n) is 5.93. The Balaban J connectivity index is 0.000000405. The number of aryl methyl sites for hydroxylation is 2. The van der Waals surface area contributed by atoms with E-state index in [4.69, 9.17) is 9.11 Å². The largest absolute Gasteiger partial charge is 0.294 e. The molecule has 0 fully saturated rings. The minimum atomic E-state index is -4.02. The molecule has 152 valence electrons. The van der Waals surface area contributed by atoms with E-state index >= 15 is 0 Å². The first-order valence-electron chi connectivity index (χ1n) is 8.50. The van der Waals surface area contributed by atoms with E-state index in [0.29, 0.717) is 0 Å². The molecule has 2 aromatic rings. The van der Waals surface area contributed by atoms with Crippen molar-refractivity contribution in [1.82, 2.24) is 0 Å². The molecule has 0 saturated carbocycles. The minimum absolute atomic E-state index is 0.0666. The molecule has 0 aliphatic heterocycles. The molecule has 0 unspecified atom stereocenters. The first-order valence-corrected chi connectivity index (χ1v) is 15.4. The molecule has 2 N–H and O–H groups in total. The van der Waals surface area contributed by atoms with Gasteiger partial charge < -0.3 is 0 Å². The number of unbranched alkanes of at least 4 members (excludes halogenated alkanes) is 1. The molecule has 0 atom stereocenters. The fraction of sp³-hybridized carbons (Fsp3) is 0.333. The van der Waals surface area contributed by atoms with Crippen molar-refractivity contribution in [3.8, 4) is 0 Å². The Morgan fingerprint density at radius 3 is 1.19 bits per heavy atom. The predicted molar refractivity (Wildman–Crippen MR) is 112 cm³/mol. The summed E-state index contributed by atoms with van der Waals surface area (Å²) in [6, 6.07) is 12.0. The van der Waals surface area contributed by atoms with Crippen molar-refractivity contribution >= 4 is 42.8 Å². The van der Waals surface area contributed by atoms with E-state index in [2.05, 4.69) is 6.92 Å². The zero-order valence-electron chi connectivity index (χ0n) is 16.1. The van der Waals surface area contributed by atoms with Crippen LogP contribution < -0.4 is 0 Å². The second-order valence-corrected chi connectivity index (χ2v) is 11.6. The van der Waals surface area contributed by atoms with E-state index in [1.807, 2.05) is 13.8 Å². The standard InChI is InChI=1S/2C7H8O3S.C4H9.Sn.3H/c2*1-6-2-4-7(5-3-6)11(8,9)10;1-3-4-2;;;;/h2*2-5H,1H3,(H,8,9,10);1,3-4H2,2H3;;;;. The van der Waals surface area contributed by atoms with E-state index in [1.54, 1.807) is 28.7 Å². The Labute approximate surface area is 175 Å². The molecule has 6 nitrogen and oxygen atoms in total. The van der Waals surface area contributed by atoms with Crippen LogP contribution in [-0.2, 0) is 20.2 Å². The van der Waals surface area contributed by atoms with E-state index in [9.17, 15) is 16.8 Å². The second kappa shape index (κ2) is 12.5. The minimum Gasteiger partial charge on any atom is -0.282 e. The molecule has 0 aromatic heterocycles. The zero-order valence-corrected chi connectivity index (χ0v) is 23.4. The van der Waals surface area contributed by atoms with Crippen LogP contribution >= 0.6 is 0 Å². The van der Waals surface area contributed by atoms with Gasteiger partial charge in [-0.15, -0.1) is 0 Å². The van der Waals surface area contributed by atoms with Gasteiger partial charge in [0.15, 0.2) is 0 Å². The Hall–Kier alpha value is -0.941. The van der Waals surface area contributed by atoms with Crippen LogP contribution in [0, 0.1) is 13.8 Å². The topological polar surface area (TPSA) is 109 Å². The number of hydrogen-bond acceptors (Lipinski definition) is 4. The van der Waals surface area contributed by atoms with Crippen molar-refractivity contribution in [1.29, 1.82) is 0 Å².